The maximum atomic E-state index is 12.6. The lowest BCUT2D eigenvalue weighted by Crippen LogP contribution is -2.52. The van der Waals surface area contributed by atoms with Crippen LogP contribution in [0.25, 0.3) is 0 Å². The summed E-state index contributed by atoms with van der Waals surface area (Å²) in [7, 11) is 0. The predicted octanol–water partition coefficient (Wildman–Crippen LogP) is 1.65. The lowest BCUT2D eigenvalue weighted by atomic mass is 10.1. The zero-order valence-electron chi connectivity index (χ0n) is 17.0. The molecule has 5 N–H and O–H groups in total. The Balaban J connectivity index is 2.69. The van der Waals surface area contributed by atoms with Crippen molar-refractivity contribution in [3.05, 3.63) is 35.9 Å². The van der Waals surface area contributed by atoms with Crippen LogP contribution in [-0.4, -0.2) is 52.6 Å². The van der Waals surface area contributed by atoms with Gasteiger partial charge in [0.25, 0.3) is 0 Å². The van der Waals surface area contributed by atoms with Crippen LogP contribution >= 0.6 is 11.8 Å². The van der Waals surface area contributed by atoms with E-state index in [-0.39, 0.29) is 30.3 Å². The van der Waals surface area contributed by atoms with Gasteiger partial charge in [0.2, 0.25) is 5.91 Å². The van der Waals surface area contributed by atoms with Gasteiger partial charge in [-0.2, -0.15) is 0 Å². The van der Waals surface area contributed by atoms with Crippen molar-refractivity contribution in [2.75, 3.05) is 12.3 Å². The largest absolute Gasteiger partial charge is 0.480 e. The van der Waals surface area contributed by atoms with Crippen molar-refractivity contribution < 1.29 is 29.0 Å². The van der Waals surface area contributed by atoms with Crippen LogP contribution in [0.1, 0.15) is 38.2 Å². The number of benzene rings is 1. The summed E-state index contributed by atoms with van der Waals surface area (Å²) in [5, 5.41) is 14.1. The Kier molecular flexibility index (Phi) is 12.2. The van der Waals surface area contributed by atoms with Crippen LogP contribution in [0.3, 0.4) is 0 Å². The van der Waals surface area contributed by atoms with Gasteiger partial charge in [0.1, 0.15) is 18.7 Å². The topological polar surface area (TPSA) is 148 Å². The van der Waals surface area contributed by atoms with Crippen LogP contribution in [0.15, 0.2) is 30.3 Å². The highest BCUT2D eigenvalue weighted by molar-refractivity contribution is 8.13. The normalized spacial score (nSPS) is 12.5. The first-order chi connectivity index (χ1) is 14.3. The Morgan fingerprint density at radius 2 is 1.77 bits per heavy atom. The molecule has 1 unspecified atom stereocenters. The van der Waals surface area contributed by atoms with Gasteiger partial charge in [-0.3, -0.25) is 9.59 Å². The lowest BCUT2D eigenvalue weighted by Gasteiger charge is -2.21. The second-order valence-corrected chi connectivity index (χ2v) is 7.84. The summed E-state index contributed by atoms with van der Waals surface area (Å²) in [4.78, 5) is 47.3. The van der Waals surface area contributed by atoms with Crippen LogP contribution in [0.2, 0.25) is 0 Å². The summed E-state index contributed by atoms with van der Waals surface area (Å²) < 4.78 is 5.13. The molecule has 9 nitrogen and oxygen atoms in total. The van der Waals surface area contributed by atoms with Crippen molar-refractivity contribution in [3.8, 4) is 0 Å². The maximum Gasteiger partial charge on any atom is 0.408 e. The molecular formula is C20H29N3O6S. The minimum atomic E-state index is -1.16. The van der Waals surface area contributed by atoms with Crippen LogP contribution < -0.4 is 16.4 Å². The number of aliphatic carboxylic acids is 1. The number of hydrogen-bond acceptors (Lipinski definition) is 7. The van der Waals surface area contributed by atoms with E-state index in [9.17, 15) is 24.3 Å². The molecule has 10 heteroatoms. The molecule has 1 aromatic carbocycles. The van der Waals surface area contributed by atoms with E-state index >= 15 is 0 Å². The number of carboxylic acids is 1. The van der Waals surface area contributed by atoms with Crippen molar-refractivity contribution in [2.24, 2.45) is 5.73 Å². The number of carbonyl (C=O) groups excluding carboxylic acids is 3. The molecular weight excluding hydrogens is 410 g/mol. The van der Waals surface area contributed by atoms with Crippen LogP contribution in [0.5, 0.6) is 0 Å². The van der Waals surface area contributed by atoms with Crippen LogP contribution in [0, 0.1) is 0 Å². The number of nitrogens with two attached hydrogens (primary N) is 1. The minimum Gasteiger partial charge on any atom is -0.480 e. The number of nitrogens with one attached hydrogen (secondary N) is 2. The van der Waals surface area contributed by atoms with Gasteiger partial charge in [0, 0.05) is 12.7 Å². The molecule has 0 saturated heterocycles. The molecule has 0 fully saturated rings. The third-order valence-corrected chi connectivity index (χ3v) is 4.94. The average Bonchev–Trinajstić information content (AvgIpc) is 2.71. The van der Waals surface area contributed by atoms with Gasteiger partial charge in [0.05, 0.1) is 0 Å². The van der Waals surface area contributed by atoms with Gasteiger partial charge < -0.3 is 26.2 Å². The van der Waals surface area contributed by atoms with Crippen molar-refractivity contribution in [1.29, 1.82) is 0 Å². The zero-order valence-corrected chi connectivity index (χ0v) is 17.8. The van der Waals surface area contributed by atoms with E-state index in [0.717, 1.165) is 17.3 Å². The summed E-state index contributed by atoms with van der Waals surface area (Å²) in [6.07, 6.45) is 0.756. The molecule has 1 aromatic rings. The molecule has 30 heavy (non-hydrogen) atoms. The third kappa shape index (κ3) is 10.8. The molecule has 0 aliphatic carbocycles. The molecule has 0 radical (unpaired) electrons. The van der Waals surface area contributed by atoms with Crippen molar-refractivity contribution in [2.45, 2.75) is 51.3 Å². The molecule has 0 aromatic heterocycles. The first-order valence-corrected chi connectivity index (χ1v) is 10.7. The molecule has 0 heterocycles. The standard InChI is InChI=1S/C20H29N3O6S/c1-14(24)30-12-10-16(18(25)22-17(19(26)27)9-5-6-11-21)23-20(28)29-13-15-7-3-2-4-8-15/h2-4,7-8,16-17H,5-6,9-13,21H2,1H3,(H,22,25)(H,23,28)(H,26,27)/t16-,17?/m0/s1. The number of rotatable bonds is 13. The second-order valence-electron chi connectivity index (χ2n) is 6.57. The van der Waals surface area contributed by atoms with E-state index in [1.165, 1.54) is 6.92 Å². The highest BCUT2D eigenvalue weighted by Gasteiger charge is 2.26. The first-order valence-electron chi connectivity index (χ1n) is 9.67. The van der Waals surface area contributed by atoms with Gasteiger partial charge in [0.15, 0.2) is 5.12 Å². The Labute approximate surface area is 180 Å². The Bertz CT molecular complexity index is 701. The number of carbonyl (C=O) groups is 4. The molecule has 0 saturated carbocycles. The number of ether oxygens (including phenoxy) is 1. The molecule has 1 rings (SSSR count). The highest BCUT2D eigenvalue weighted by Crippen LogP contribution is 2.09. The average molecular weight is 440 g/mol. The van der Waals surface area contributed by atoms with Gasteiger partial charge >= 0.3 is 12.1 Å². The molecule has 2 amide bonds. The quantitative estimate of drug-likeness (QED) is 0.339. The third-order valence-electron chi connectivity index (χ3n) is 4.09. The van der Waals surface area contributed by atoms with Crippen LogP contribution in [-0.2, 0) is 25.7 Å². The fourth-order valence-electron chi connectivity index (χ4n) is 2.52. The summed E-state index contributed by atoms with van der Waals surface area (Å²) in [6.45, 7) is 1.86. The summed E-state index contributed by atoms with van der Waals surface area (Å²) in [5.41, 5.74) is 6.20. The van der Waals surface area contributed by atoms with Crippen molar-refractivity contribution in [1.82, 2.24) is 10.6 Å². The Morgan fingerprint density at radius 3 is 2.37 bits per heavy atom. The lowest BCUT2D eigenvalue weighted by molar-refractivity contribution is -0.142. The zero-order chi connectivity index (χ0) is 22.4. The molecule has 0 aliphatic rings. The Morgan fingerprint density at radius 1 is 1.07 bits per heavy atom. The van der Waals surface area contributed by atoms with Crippen molar-refractivity contribution >= 4 is 34.8 Å². The highest BCUT2D eigenvalue weighted by atomic mass is 32.2. The summed E-state index contributed by atoms with van der Waals surface area (Å²) in [6, 6.07) is 6.92. The number of unbranched alkanes of at least 4 members (excludes halogenated alkanes) is 1. The fourth-order valence-corrected chi connectivity index (χ4v) is 3.16. The SMILES string of the molecule is CC(=O)SCC[C@H](NC(=O)OCc1ccccc1)C(=O)NC(CCCCN)C(=O)O. The van der Waals surface area contributed by atoms with Gasteiger partial charge in [-0.1, -0.05) is 42.1 Å². The van der Waals surface area contributed by atoms with E-state index in [2.05, 4.69) is 10.6 Å². The monoisotopic (exact) mass is 439 g/mol. The number of thioether (sulfide) groups is 1. The second kappa shape index (κ2) is 14.4. The van der Waals surface area contributed by atoms with E-state index in [0.29, 0.717) is 19.4 Å². The van der Waals surface area contributed by atoms with Crippen LogP contribution in [0.4, 0.5) is 4.79 Å². The predicted molar refractivity (Wildman–Crippen MR) is 114 cm³/mol. The summed E-state index contributed by atoms with van der Waals surface area (Å²) >= 11 is 1.02. The number of hydrogen-bond donors (Lipinski definition) is 4. The van der Waals surface area contributed by atoms with E-state index in [4.69, 9.17) is 10.5 Å². The smallest absolute Gasteiger partial charge is 0.408 e. The Hall–Kier alpha value is -2.59. The molecule has 2 atom stereocenters. The fraction of sp³-hybridized carbons (Fsp3) is 0.500. The minimum absolute atomic E-state index is 0.0278. The van der Waals surface area contributed by atoms with Gasteiger partial charge in [-0.05, 0) is 37.8 Å². The van der Waals surface area contributed by atoms with E-state index in [1.807, 2.05) is 18.2 Å². The van der Waals surface area contributed by atoms with Gasteiger partial charge in [-0.15, -0.1) is 0 Å². The van der Waals surface area contributed by atoms with Gasteiger partial charge in [-0.25, -0.2) is 9.59 Å². The number of amides is 2. The molecule has 0 spiro atoms. The molecule has 166 valence electrons. The van der Waals surface area contributed by atoms with E-state index in [1.54, 1.807) is 12.1 Å². The maximum absolute atomic E-state index is 12.6. The first kappa shape index (κ1) is 25.4. The van der Waals surface area contributed by atoms with Crippen molar-refractivity contribution in [3.63, 3.8) is 0 Å². The number of alkyl carbamates (subject to hydrolysis) is 1. The summed E-state index contributed by atoms with van der Waals surface area (Å²) in [5.74, 6) is -1.52. The van der Waals surface area contributed by atoms with E-state index < -0.39 is 30.1 Å². The molecule has 0 bridgehead atoms. The molecule has 0 aliphatic heterocycles. The number of carboxylic acid groups (broad SMARTS) is 1.